The lowest BCUT2D eigenvalue weighted by Crippen LogP contribution is -2.66. The fourth-order valence-electron chi connectivity index (χ4n) is 3.21. The largest absolute Gasteiger partial charge is 0.460 e. The van der Waals surface area contributed by atoms with Crippen molar-refractivity contribution < 1.29 is 34.7 Å². The van der Waals surface area contributed by atoms with Gasteiger partial charge in [-0.25, -0.2) is 0 Å². The van der Waals surface area contributed by atoms with Crippen LogP contribution < -0.4 is 10.1 Å². The predicted octanol–water partition coefficient (Wildman–Crippen LogP) is 0.935. The van der Waals surface area contributed by atoms with Crippen LogP contribution in [0.25, 0.3) is 11.1 Å². The number of benzene rings is 2. The molecule has 1 saturated heterocycles. The molecule has 0 aromatic heterocycles. The number of amides is 1. The Kier molecular flexibility index (Phi) is 6.66. The topological polar surface area (TPSA) is 128 Å². The van der Waals surface area contributed by atoms with Gasteiger partial charge in [0.15, 0.2) is 5.60 Å². The molecule has 0 radical (unpaired) electrons. The maximum absolute atomic E-state index is 11.7. The van der Waals surface area contributed by atoms with Gasteiger partial charge in [0.25, 0.3) is 5.91 Å². The van der Waals surface area contributed by atoms with Gasteiger partial charge in [-0.05, 0) is 42.3 Å². The first-order chi connectivity index (χ1) is 14.2. The van der Waals surface area contributed by atoms with Gasteiger partial charge >= 0.3 is 0 Å². The molecule has 30 heavy (non-hydrogen) atoms. The van der Waals surface area contributed by atoms with Crippen LogP contribution in [0.4, 0.5) is 0 Å². The Hall–Kier alpha value is -2.20. The van der Waals surface area contributed by atoms with Crippen molar-refractivity contribution in [2.45, 2.75) is 37.1 Å². The first kappa shape index (κ1) is 22.5. The van der Waals surface area contributed by atoms with Crippen LogP contribution in [-0.2, 0) is 4.74 Å². The smallest absolute Gasteiger partial charge is 0.251 e. The zero-order valence-corrected chi connectivity index (χ0v) is 17.2. The molecule has 0 spiro atoms. The van der Waals surface area contributed by atoms with Crippen molar-refractivity contribution in [3.63, 3.8) is 0 Å². The molecule has 5 atom stereocenters. The molecular formula is C21H24ClNO7. The van der Waals surface area contributed by atoms with E-state index in [-0.39, 0.29) is 16.7 Å². The van der Waals surface area contributed by atoms with E-state index in [9.17, 15) is 25.2 Å². The zero-order valence-electron chi connectivity index (χ0n) is 16.4. The summed E-state index contributed by atoms with van der Waals surface area (Å²) in [6, 6.07) is 11.9. The summed E-state index contributed by atoms with van der Waals surface area (Å²) in [5.41, 5.74) is 0.0808. The van der Waals surface area contributed by atoms with Crippen molar-refractivity contribution in [1.82, 2.24) is 5.32 Å². The molecule has 9 heteroatoms. The molecule has 2 aromatic rings. The van der Waals surface area contributed by atoms with Crippen LogP contribution >= 0.6 is 11.6 Å². The number of aliphatic hydroxyl groups excluding tert-OH is 3. The molecule has 1 fully saturated rings. The second-order valence-electron chi connectivity index (χ2n) is 7.27. The number of carbonyl (C=O) groups excluding carboxylic acids is 1. The molecule has 1 aliphatic rings. The Morgan fingerprint density at radius 2 is 1.83 bits per heavy atom. The van der Waals surface area contributed by atoms with Crippen molar-refractivity contribution in [2.75, 3.05) is 13.7 Å². The molecule has 2 aromatic carbocycles. The van der Waals surface area contributed by atoms with E-state index < -0.39 is 36.8 Å². The van der Waals surface area contributed by atoms with E-state index in [0.29, 0.717) is 5.56 Å². The number of hydrogen-bond acceptors (Lipinski definition) is 7. The summed E-state index contributed by atoms with van der Waals surface area (Å²) in [5, 5.41) is 43.0. The molecule has 1 unspecified atom stereocenters. The summed E-state index contributed by atoms with van der Waals surface area (Å²) in [6.45, 7) is 0.689. The minimum absolute atomic E-state index is 0.176. The van der Waals surface area contributed by atoms with Crippen molar-refractivity contribution in [2.24, 2.45) is 0 Å². The van der Waals surface area contributed by atoms with Gasteiger partial charge in [0.05, 0.1) is 11.6 Å². The number of nitrogens with one attached hydrogen (secondary N) is 1. The van der Waals surface area contributed by atoms with E-state index in [4.69, 9.17) is 21.1 Å². The third-order valence-electron chi connectivity index (χ3n) is 5.13. The molecular weight excluding hydrogens is 414 g/mol. The highest BCUT2D eigenvalue weighted by atomic mass is 35.5. The maximum Gasteiger partial charge on any atom is 0.251 e. The molecule has 3 rings (SSSR count). The third kappa shape index (κ3) is 4.29. The van der Waals surface area contributed by atoms with Gasteiger partial charge < -0.3 is 35.2 Å². The Balaban J connectivity index is 1.87. The number of aliphatic hydroxyl groups is 4. The highest BCUT2D eigenvalue weighted by Gasteiger charge is 2.53. The minimum Gasteiger partial charge on any atom is -0.460 e. The Labute approximate surface area is 178 Å². The van der Waals surface area contributed by atoms with E-state index in [1.54, 1.807) is 49.5 Å². The monoisotopic (exact) mass is 437 g/mol. The second-order valence-corrected chi connectivity index (χ2v) is 7.68. The summed E-state index contributed by atoms with van der Waals surface area (Å²) >= 11 is 6.24. The molecule has 1 aliphatic heterocycles. The maximum atomic E-state index is 11.7. The number of rotatable bonds is 5. The zero-order chi connectivity index (χ0) is 22.1. The Bertz CT molecular complexity index is 903. The molecule has 0 aliphatic carbocycles. The summed E-state index contributed by atoms with van der Waals surface area (Å²) in [4.78, 5) is 11.7. The van der Waals surface area contributed by atoms with Gasteiger partial charge in [0.2, 0.25) is 6.29 Å². The van der Waals surface area contributed by atoms with E-state index in [1.165, 1.54) is 6.92 Å². The number of ether oxygens (including phenoxy) is 2. The van der Waals surface area contributed by atoms with Crippen LogP contribution in [0, 0.1) is 0 Å². The lowest BCUT2D eigenvalue weighted by atomic mass is 9.88. The lowest BCUT2D eigenvalue weighted by Gasteiger charge is -2.45. The van der Waals surface area contributed by atoms with Crippen LogP contribution in [-0.4, -0.2) is 70.2 Å². The van der Waals surface area contributed by atoms with Gasteiger partial charge in [0, 0.05) is 12.6 Å². The Morgan fingerprint density at radius 3 is 2.43 bits per heavy atom. The highest BCUT2D eigenvalue weighted by molar-refractivity contribution is 6.32. The lowest BCUT2D eigenvalue weighted by molar-refractivity contribution is -0.314. The molecule has 162 valence electrons. The van der Waals surface area contributed by atoms with Crippen molar-refractivity contribution in [1.29, 1.82) is 0 Å². The first-order valence-corrected chi connectivity index (χ1v) is 9.70. The Morgan fingerprint density at radius 1 is 1.20 bits per heavy atom. The van der Waals surface area contributed by atoms with Crippen LogP contribution in [0.3, 0.4) is 0 Å². The fraction of sp³-hybridized carbons (Fsp3) is 0.381. The minimum atomic E-state index is -1.96. The molecule has 1 amide bonds. The average molecular weight is 438 g/mol. The van der Waals surface area contributed by atoms with Crippen LogP contribution in [0.5, 0.6) is 5.75 Å². The highest BCUT2D eigenvalue weighted by Crippen LogP contribution is 2.36. The second kappa shape index (κ2) is 8.89. The molecule has 5 N–H and O–H groups in total. The quantitative estimate of drug-likeness (QED) is 0.470. The first-order valence-electron chi connectivity index (χ1n) is 9.32. The third-order valence-corrected chi connectivity index (χ3v) is 5.44. The van der Waals surface area contributed by atoms with E-state index in [2.05, 4.69) is 5.32 Å². The van der Waals surface area contributed by atoms with Gasteiger partial charge in [0.1, 0.15) is 24.1 Å². The van der Waals surface area contributed by atoms with E-state index in [0.717, 1.165) is 11.1 Å². The van der Waals surface area contributed by atoms with Gasteiger partial charge in [-0.15, -0.1) is 0 Å². The molecule has 8 nitrogen and oxygen atoms in total. The average Bonchev–Trinajstić information content (AvgIpc) is 2.75. The predicted molar refractivity (Wildman–Crippen MR) is 109 cm³/mol. The molecule has 0 bridgehead atoms. The van der Waals surface area contributed by atoms with E-state index in [1.807, 2.05) is 0 Å². The van der Waals surface area contributed by atoms with Gasteiger partial charge in [-0.1, -0.05) is 29.8 Å². The van der Waals surface area contributed by atoms with E-state index >= 15 is 0 Å². The fourth-order valence-corrected chi connectivity index (χ4v) is 3.37. The van der Waals surface area contributed by atoms with Crippen molar-refractivity contribution in [3.8, 4) is 16.9 Å². The standard InChI is InChI=1S/C21H24ClNO7/c1-21(28)18(26)17(25)16(10-24)30-20(21)29-15-9-13(7-8-14(15)22)11-3-5-12(6-4-11)19(27)23-2/h3-9,16-18,20,24-26,28H,10H2,1-2H3,(H,23,27)/t16-,17-,18?,20+,21+/m1/s1. The number of carbonyl (C=O) groups is 1. The van der Waals surface area contributed by atoms with Crippen LogP contribution in [0.1, 0.15) is 17.3 Å². The van der Waals surface area contributed by atoms with Crippen LogP contribution in [0.2, 0.25) is 5.02 Å². The molecule has 0 saturated carbocycles. The van der Waals surface area contributed by atoms with Gasteiger partial charge in [-0.2, -0.15) is 0 Å². The number of hydrogen-bond donors (Lipinski definition) is 5. The molecule has 1 heterocycles. The summed E-state index contributed by atoms with van der Waals surface area (Å²) in [7, 11) is 1.55. The number of halogens is 1. The van der Waals surface area contributed by atoms with Crippen molar-refractivity contribution >= 4 is 17.5 Å². The normalized spacial score (nSPS) is 28.8. The van der Waals surface area contributed by atoms with Crippen LogP contribution in [0.15, 0.2) is 42.5 Å². The van der Waals surface area contributed by atoms with Gasteiger partial charge in [-0.3, -0.25) is 4.79 Å². The summed E-state index contributed by atoms with van der Waals surface area (Å²) < 4.78 is 11.2. The van der Waals surface area contributed by atoms with Crippen molar-refractivity contribution in [3.05, 3.63) is 53.1 Å². The summed E-state index contributed by atoms with van der Waals surface area (Å²) in [6.07, 6.45) is -5.61. The SMILES string of the molecule is CNC(=O)c1ccc(-c2ccc(Cl)c(O[C@H]3O[C@H](CO)[C@@H](O)C(O)[C@]3(C)O)c2)cc1. The summed E-state index contributed by atoms with van der Waals surface area (Å²) in [5.74, 6) is -0.0207.